The fraction of sp³-hybridized carbons (Fsp3) is 0.143. The third-order valence-corrected chi connectivity index (χ3v) is 3.26. The van der Waals surface area contributed by atoms with Crippen LogP contribution in [0.15, 0.2) is 72.8 Å². The average Bonchev–Trinajstić information content (AvgIpc) is 2.70. The number of ether oxygens (including phenoxy) is 3. The zero-order valence-electron chi connectivity index (χ0n) is 15.5. The van der Waals surface area contributed by atoms with Gasteiger partial charge in [0.2, 0.25) is 0 Å². The van der Waals surface area contributed by atoms with Gasteiger partial charge in [0.15, 0.2) is 34.5 Å². The third kappa shape index (κ3) is 7.48. The molecular weight excluding hydrogens is 348 g/mol. The maximum atomic E-state index is 8.99. The minimum atomic E-state index is 0.181. The molecule has 0 saturated heterocycles. The highest BCUT2D eigenvalue weighted by Crippen LogP contribution is 2.24. The summed E-state index contributed by atoms with van der Waals surface area (Å²) in [6.45, 7) is 0. The van der Waals surface area contributed by atoms with Crippen LogP contribution >= 0.6 is 0 Å². The van der Waals surface area contributed by atoms with Crippen molar-refractivity contribution in [1.29, 1.82) is 0 Å². The van der Waals surface area contributed by atoms with Gasteiger partial charge in [-0.05, 0) is 36.4 Å². The Morgan fingerprint density at radius 1 is 0.444 bits per heavy atom. The molecule has 0 amide bonds. The molecule has 144 valence electrons. The number of phenols is 3. The van der Waals surface area contributed by atoms with Gasteiger partial charge in [0.05, 0.1) is 21.3 Å². The van der Waals surface area contributed by atoms with Crippen molar-refractivity contribution in [2.75, 3.05) is 21.3 Å². The first kappa shape index (κ1) is 21.5. The molecule has 3 aromatic rings. The number of rotatable bonds is 3. The standard InChI is InChI=1S/3C7H8O2/c3*1-9-7-5-3-2-4-6(7)8/h3*2-5,8H,1H3. The Balaban J connectivity index is 0.000000202. The minimum Gasteiger partial charge on any atom is -0.504 e. The number of para-hydroxylation sites is 6. The molecule has 0 fully saturated rings. The quantitative estimate of drug-likeness (QED) is 0.638. The van der Waals surface area contributed by atoms with Crippen molar-refractivity contribution < 1.29 is 29.5 Å². The topological polar surface area (TPSA) is 88.4 Å². The number of phenolic OH excluding ortho intramolecular Hbond substituents is 3. The van der Waals surface area contributed by atoms with Gasteiger partial charge in [0, 0.05) is 0 Å². The summed E-state index contributed by atoms with van der Waals surface area (Å²) in [7, 11) is 4.57. The zero-order chi connectivity index (χ0) is 20.1. The van der Waals surface area contributed by atoms with Crippen LogP contribution in [0, 0.1) is 0 Å². The van der Waals surface area contributed by atoms with Crippen molar-refractivity contribution in [1.82, 2.24) is 0 Å². The number of hydrogen-bond acceptors (Lipinski definition) is 6. The molecule has 0 saturated carbocycles. The van der Waals surface area contributed by atoms with Gasteiger partial charge in [-0.15, -0.1) is 0 Å². The van der Waals surface area contributed by atoms with Gasteiger partial charge in [-0.1, -0.05) is 36.4 Å². The first-order valence-electron chi connectivity index (χ1n) is 7.99. The van der Waals surface area contributed by atoms with Crippen LogP contribution in [0.5, 0.6) is 34.5 Å². The van der Waals surface area contributed by atoms with Crippen molar-refractivity contribution in [3.63, 3.8) is 0 Å². The van der Waals surface area contributed by atoms with Crippen molar-refractivity contribution >= 4 is 0 Å². The van der Waals surface area contributed by atoms with E-state index < -0.39 is 0 Å². The van der Waals surface area contributed by atoms with Crippen molar-refractivity contribution in [2.24, 2.45) is 0 Å². The van der Waals surface area contributed by atoms with E-state index in [0.717, 1.165) is 0 Å². The summed E-state index contributed by atoms with van der Waals surface area (Å²) in [6, 6.07) is 20.5. The number of hydrogen-bond donors (Lipinski definition) is 3. The van der Waals surface area contributed by atoms with Crippen LogP contribution in [-0.2, 0) is 0 Å². The number of methoxy groups -OCH3 is 3. The SMILES string of the molecule is COc1ccccc1O.COc1ccccc1O.COc1ccccc1O. The molecule has 3 aromatic carbocycles. The minimum absolute atomic E-state index is 0.181. The van der Waals surface area contributed by atoms with E-state index in [1.807, 2.05) is 0 Å². The average molecular weight is 372 g/mol. The predicted molar refractivity (Wildman–Crippen MR) is 104 cm³/mol. The summed E-state index contributed by atoms with van der Waals surface area (Å²) in [4.78, 5) is 0. The van der Waals surface area contributed by atoms with E-state index in [-0.39, 0.29) is 17.2 Å². The van der Waals surface area contributed by atoms with Gasteiger partial charge in [-0.25, -0.2) is 0 Å². The molecule has 27 heavy (non-hydrogen) atoms. The molecular formula is C21H24O6. The lowest BCUT2D eigenvalue weighted by Gasteiger charge is -1.99. The van der Waals surface area contributed by atoms with E-state index in [9.17, 15) is 0 Å². The molecule has 0 spiro atoms. The summed E-state index contributed by atoms with van der Waals surface area (Å²) in [5.74, 6) is 2.08. The van der Waals surface area contributed by atoms with Crippen molar-refractivity contribution in [3.8, 4) is 34.5 Å². The molecule has 0 aliphatic heterocycles. The molecule has 0 atom stereocenters. The van der Waals surface area contributed by atoms with Gasteiger partial charge in [-0.3, -0.25) is 0 Å². The van der Waals surface area contributed by atoms with Crippen LogP contribution in [0.25, 0.3) is 0 Å². The molecule has 0 unspecified atom stereocenters. The van der Waals surface area contributed by atoms with E-state index in [0.29, 0.717) is 17.2 Å². The molecule has 0 radical (unpaired) electrons. The molecule has 0 heterocycles. The van der Waals surface area contributed by atoms with E-state index >= 15 is 0 Å². The Kier molecular flexibility index (Phi) is 9.49. The number of aromatic hydroxyl groups is 3. The normalized spacial score (nSPS) is 9.00. The largest absolute Gasteiger partial charge is 0.504 e. The molecule has 6 heteroatoms. The van der Waals surface area contributed by atoms with Gasteiger partial charge in [0.1, 0.15) is 0 Å². The molecule has 0 aromatic heterocycles. The second-order valence-electron chi connectivity index (χ2n) is 5.02. The third-order valence-electron chi connectivity index (χ3n) is 3.26. The molecule has 0 aliphatic carbocycles. The number of benzene rings is 3. The van der Waals surface area contributed by atoms with Crippen molar-refractivity contribution in [2.45, 2.75) is 0 Å². The highest BCUT2D eigenvalue weighted by Gasteiger charge is 1.95. The van der Waals surface area contributed by atoms with Crippen LogP contribution in [0.1, 0.15) is 0 Å². The fourth-order valence-corrected chi connectivity index (χ4v) is 1.89. The Bertz CT molecular complexity index is 696. The predicted octanol–water partition coefficient (Wildman–Crippen LogP) is 4.20. The first-order chi connectivity index (χ1) is 13.0. The summed E-state index contributed by atoms with van der Waals surface area (Å²) in [5.41, 5.74) is 0. The van der Waals surface area contributed by atoms with E-state index in [1.54, 1.807) is 72.8 Å². The highest BCUT2D eigenvalue weighted by molar-refractivity contribution is 5.38. The summed E-state index contributed by atoms with van der Waals surface area (Å²) in [6.07, 6.45) is 0. The van der Waals surface area contributed by atoms with Gasteiger partial charge >= 0.3 is 0 Å². The van der Waals surface area contributed by atoms with Crippen LogP contribution < -0.4 is 14.2 Å². The maximum absolute atomic E-state index is 8.99. The van der Waals surface area contributed by atoms with E-state index in [2.05, 4.69) is 0 Å². The maximum Gasteiger partial charge on any atom is 0.160 e. The lowest BCUT2D eigenvalue weighted by Crippen LogP contribution is -1.80. The summed E-state index contributed by atoms with van der Waals surface area (Å²) < 4.78 is 14.4. The Labute approximate surface area is 158 Å². The smallest absolute Gasteiger partial charge is 0.160 e. The molecule has 3 rings (SSSR count). The van der Waals surface area contributed by atoms with Gasteiger partial charge < -0.3 is 29.5 Å². The Hall–Kier alpha value is -3.54. The molecule has 3 N–H and O–H groups in total. The molecule has 6 nitrogen and oxygen atoms in total. The molecule has 0 bridgehead atoms. The van der Waals surface area contributed by atoms with E-state index in [4.69, 9.17) is 29.5 Å². The Morgan fingerprint density at radius 2 is 0.667 bits per heavy atom. The second kappa shape index (κ2) is 11.9. The second-order valence-corrected chi connectivity index (χ2v) is 5.02. The molecule has 0 aliphatic rings. The fourth-order valence-electron chi connectivity index (χ4n) is 1.89. The van der Waals surface area contributed by atoms with Crippen LogP contribution in [-0.4, -0.2) is 36.6 Å². The van der Waals surface area contributed by atoms with Crippen LogP contribution in [0.3, 0.4) is 0 Å². The Morgan fingerprint density at radius 3 is 0.815 bits per heavy atom. The van der Waals surface area contributed by atoms with Crippen molar-refractivity contribution in [3.05, 3.63) is 72.8 Å². The summed E-state index contributed by atoms with van der Waals surface area (Å²) in [5, 5.41) is 27.0. The lowest BCUT2D eigenvalue weighted by molar-refractivity contribution is 0.373. The summed E-state index contributed by atoms with van der Waals surface area (Å²) >= 11 is 0. The van der Waals surface area contributed by atoms with Crippen LogP contribution in [0.4, 0.5) is 0 Å². The lowest BCUT2D eigenvalue weighted by atomic mass is 10.3. The van der Waals surface area contributed by atoms with Crippen LogP contribution in [0.2, 0.25) is 0 Å². The monoisotopic (exact) mass is 372 g/mol. The zero-order valence-corrected chi connectivity index (χ0v) is 15.5. The first-order valence-corrected chi connectivity index (χ1v) is 7.99. The van der Waals surface area contributed by atoms with Gasteiger partial charge in [-0.2, -0.15) is 0 Å². The highest BCUT2D eigenvalue weighted by atomic mass is 16.5. The van der Waals surface area contributed by atoms with E-state index in [1.165, 1.54) is 21.3 Å². The van der Waals surface area contributed by atoms with Gasteiger partial charge in [0.25, 0.3) is 0 Å².